The Hall–Kier alpha value is -5.36. The maximum atomic E-state index is 14.9. The number of hydrogen-bond donors (Lipinski definition) is 3. The molecule has 3 N–H and O–H groups in total. The third kappa shape index (κ3) is 11.7. The molecule has 1 unspecified atom stereocenters. The van der Waals surface area contributed by atoms with E-state index in [4.69, 9.17) is 38.4 Å². The van der Waals surface area contributed by atoms with Crippen LogP contribution in [0.2, 0.25) is 0 Å². The van der Waals surface area contributed by atoms with E-state index < -0.39 is 35.1 Å². The Labute approximate surface area is 392 Å². The summed E-state index contributed by atoms with van der Waals surface area (Å²) >= 11 is 0. The second-order valence-corrected chi connectivity index (χ2v) is 17.7. The highest BCUT2D eigenvalue weighted by Gasteiger charge is 2.65. The first-order valence-electron chi connectivity index (χ1n) is 23.6. The van der Waals surface area contributed by atoms with Gasteiger partial charge in [-0.05, 0) is 123 Å². The van der Waals surface area contributed by atoms with Gasteiger partial charge in [-0.15, -0.1) is 6.58 Å². The molecule has 362 valence electrons. The fourth-order valence-electron chi connectivity index (χ4n) is 10.0. The van der Waals surface area contributed by atoms with E-state index in [0.29, 0.717) is 48.8 Å². The first kappa shape index (κ1) is 49.5. The number of aryl methyl sites for hydroxylation is 2. The van der Waals surface area contributed by atoms with Crippen molar-refractivity contribution in [3.05, 3.63) is 112 Å². The lowest BCUT2D eigenvalue weighted by molar-refractivity contribution is -0.384. The predicted octanol–water partition coefficient (Wildman–Crippen LogP) is 8.67. The Morgan fingerprint density at radius 1 is 0.940 bits per heavy atom. The number of amides is 1. The van der Waals surface area contributed by atoms with E-state index in [2.05, 4.69) is 19.6 Å². The molecule has 4 aliphatic rings. The third-order valence-electron chi connectivity index (χ3n) is 13.4. The van der Waals surface area contributed by atoms with Gasteiger partial charge in [0.1, 0.15) is 29.0 Å². The van der Waals surface area contributed by atoms with Gasteiger partial charge in [0.15, 0.2) is 0 Å². The number of aliphatic hydroxyl groups excluding tert-OH is 3. The van der Waals surface area contributed by atoms with Gasteiger partial charge in [-0.1, -0.05) is 36.2 Å². The van der Waals surface area contributed by atoms with Crippen molar-refractivity contribution >= 4 is 17.5 Å². The highest BCUT2D eigenvalue weighted by atomic mass is 16.8. The van der Waals surface area contributed by atoms with Crippen LogP contribution in [0.1, 0.15) is 86.8 Å². The number of fused-ring (bicyclic) bond motifs is 2. The van der Waals surface area contributed by atoms with Gasteiger partial charge < -0.3 is 48.6 Å². The molecule has 2 heterocycles. The summed E-state index contributed by atoms with van der Waals surface area (Å²) in [6.07, 6.45) is 9.36. The first-order chi connectivity index (χ1) is 32.6. The Morgan fingerprint density at radius 2 is 1.69 bits per heavy atom. The molecule has 16 heteroatoms. The zero-order valence-corrected chi connectivity index (χ0v) is 38.6. The van der Waals surface area contributed by atoms with E-state index in [-0.39, 0.29) is 81.8 Å². The number of rotatable bonds is 23. The number of ether oxygens (including phenoxy) is 6. The highest BCUT2D eigenvalue weighted by Crippen LogP contribution is 2.62. The maximum absolute atomic E-state index is 14.9. The van der Waals surface area contributed by atoms with Crippen LogP contribution in [0, 0.1) is 41.7 Å². The number of non-ortho nitro benzene ring substituents is 1. The van der Waals surface area contributed by atoms with E-state index in [1.165, 1.54) is 29.2 Å². The topological polar surface area (TPSA) is 201 Å². The van der Waals surface area contributed by atoms with Crippen LogP contribution in [0.25, 0.3) is 0 Å². The Bertz CT molecular complexity index is 2210. The third-order valence-corrected chi connectivity index (χ3v) is 13.4. The maximum Gasteiger partial charge on any atom is 0.415 e. The molecule has 3 aromatic carbocycles. The van der Waals surface area contributed by atoms with Crippen LogP contribution in [-0.2, 0) is 19.0 Å². The molecule has 0 bridgehead atoms. The normalized spacial score (nSPS) is 24.7. The van der Waals surface area contributed by atoms with Crippen molar-refractivity contribution in [2.75, 3.05) is 52.8 Å². The lowest BCUT2D eigenvalue weighted by Crippen LogP contribution is -2.70. The summed E-state index contributed by atoms with van der Waals surface area (Å²) < 4.78 is 38.8. The molecule has 0 aromatic heterocycles. The first-order valence-corrected chi connectivity index (χ1v) is 23.6. The summed E-state index contributed by atoms with van der Waals surface area (Å²) in [5, 5.41) is 46.0. The number of nitro benzene ring substituents is 1. The van der Waals surface area contributed by atoms with Gasteiger partial charge in [0, 0.05) is 56.2 Å². The smallest absolute Gasteiger partial charge is 0.415 e. The quantitative estimate of drug-likeness (QED) is 0.0353. The zero-order chi connectivity index (χ0) is 47.3. The Kier molecular flexibility index (Phi) is 17.4. The van der Waals surface area contributed by atoms with Crippen LogP contribution < -0.4 is 14.2 Å². The molecule has 2 fully saturated rings. The van der Waals surface area contributed by atoms with Gasteiger partial charge in [-0.3, -0.25) is 15.0 Å². The zero-order valence-electron chi connectivity index (χ0n) is 38.6. The number of aliphatic hydroxyl groups is 3. The number of carbonyl (C=O) groups excluding carboxylic acids is 1. The number of nitrogens with zero attached hydrogens (tertiary/aromatic N) is 3. The summed E-state index contributed by atoms with van der Waals surface area (Å²) in [7, 11) is 0. The number of nitro groups is 1. The lowest BCUT2D eigenvalue weighted by Gasteiger charge is -2.59. The minimum absolute atomic E-state index is 0.00311. The summed E-state index contributed by atoms with van der Waals surface area (Å²) in [5.74, 6) is -0.675. The largest absolute Gasteiger partial charge is 0.459 e. The lowest BCUT2D eigenvalue weighted by atomic mass is 9.55. The molecule has 1 saturated heterocycles. The summed E-state index contributed by atoms with van der Waals surface area (Å²) in [5.41, 5.74) is 4.39. The van der Waals surface area contributed by atoms with Gasteiger partial charge >= 0.3 is 6.09 Å². The van der Waals surface area contributed by atoms with E-state index in [0.717, 1.165) is 60.8 Å². The van der Waals surface area contributed by atoms with Crippen molar-refractivity contribution < 1.29 is 58.3 Å². The molecule has 7 atom stereocenters. The second-order valence-electron chi connectivity index (χ2n) is 17.7. The second kappa shape index (κ2) is 23.6. The molecule has 7 rings (SSSR count). The van der Waals surface area contributed by atoms with E-state index in [1.807, 2.05) is 43.3 Å². The van der Waals surface area contributed by atoms with E-state index >= 15 is 0 Å². The molecule has 1 amide bonds. The van der Waals surface area contributed by atoms with Crippen molar-refractivity contribution in [1.82, 2.24) is 4.90 Å². The van der Waals surface area contributed by atoms with Crippen molar-refractivity contribution in [1.29, 1.82) is 0 Å². The SMILES string of the molecule is C=CCO[C@@]12Oc3ccc(Oc4ccc(C)c(C)c4)cc3[C@H]3[C@H](CCCCO)[C@@H](CCCCO)C=C(C(=NOC4CCCCO4)C[C@@H]1N(CCOCCO)C(=O)Oc1ccc([N+](=O)[O-])cc1)[C@H]32. The number of hydrogen-bond acceptors (Lipinski definition) is 14. The fourth-order valence-corrected chi connectivity index (χ4v) is 10.0. The Balaban J connectivity index is 1.43. The van der Waals surface area contributed by atoms with Crippen molar-refractivity contribution in [2.24, 2.45) is 22.9 Å². The molecule has 0 radical (unpaired) electrons. The molecular weight excluding hydrogens is 863 g/mol. The molecule has 16 nitrogen and oxygen atoms in total. The summed E-state index contributed by atoms with van der Waals surface area (Å²) in [4.78, 5) is 33.6. The Morgan fingerprint density at radius 3 is 2.39 bits per heavy atom. The van der Waals surface area contributed by atoms with Crippen LogP contribution in [0.3, 0.4) is 0 Å². The standard InChI is InChI=1S/C51H65N3O13/c1-4-26-63-51-46(53(22-28-61-29-25-57)50(58)65-38-18-15-37(16-19-38)54(59)60)33-44(52-67-47-13-7-10-27-62-47)42-31-36(11-5-8-23-55)41(12-6-9-24-56)48(49(42)51)43-32-40(20-21-45(43)66-51)64-39-17-14-34(2)35(3)30-39/h4,14-21,30-32,36,41,46-49,55-57H,1,5-13,22-29,33H2,2-3H3/t36-,41+,46-,47?,48+,49+,51+/m0/s1. The molecule has 0 spiro atoms. The van der Waals surface area contributed by atoms with Crippen molar-refractivity contribution in [3.8, 4) is 23.0 Å². The van der Waals surface area contributed by atoms with Crippen LogP contribution in [0.15, 0.2) is 90.1 Å². The molecule has 3 aromatic rings. The van der Waals surface area contributed by atoms with Gasteiger partial charge in [0.25, 0.3) is 5.69 Å². The van der Waals surface area contributed by atoms with Crippen LogP contribution >= 0.6 is 0 Å². The molecule has 67 heavy (non-hydrogen) atoms. The minimum Gasteiger partial charge on any atom is -0.459 e. The molecule has 2 aliphatic heterocycles. The van der Waals surface area contributed by atoms with Crippen molar-refractivity contribution in [2.45, 2.75) is 102 Å². The molecule has 1 saturated carbocycles. The van der Waals surface area contributed by atoms with E-state index in [9.17, 15) is 30.2 Å². The molecular formula is C51H65N3O13. The van der Waals surface area contributed by atoms with Gasteiger partial charge in [-0.25, -0.2) is 4.79 Å². The summed E-state index contributed by atoms with van der Waals surface area (Å²) in [6.45, 7) is 8.57. The number of benzene rings is 3. The average molecular weight is 928 g/mol. The number of carbonyl (C=O) groups is 1. The van der Waals surface area contributed by atoms with Crippen LogP contribution in [-0.4, -0.2) is 108 Å². The van der Waals surface area contributed by atoms with Crippen molar-refractivity contribution in [3.63, 3.8) is 0 Å². The fraction of sp³-hybridized carbons (Fsp3) is 0.529. The average Bonchev–Trinajstić information content (AvgIpc) is 3.33. The highest BCUT2D eigenvalue weighted by molar-refractivity contribution is 6.03. The van der Waals surface area contributed by atoms with E-state index in [1.54, 1.807) is 6.08 Å². The number of unbranched alkanes of at least 4 members (excludes halogenated alkanes) is 2. The van der Waals surface area contributed by atoms with Gasteiger partial charge in [-0.2, -0.15) is 0 Å². The monoisotopic (exact) mass is 927 g/mol. The predicted molar refractivity (Wildman–Crippen MR) is 249 cm³/mol. The molecule has 2 aliphatic carbocycles. The van der Waals surface area contributed by atoms with Gasteiger partial charge in [0.05, 0.1) is 49.6 Å². The van der Waals surface area contributed by atoms with Crippen LogP contribution in [0.5, 0.6) is 23.0 Å². The summed E-state index contributed by atoms with van der Waals surface area (Å²) in [6, 6.07) is 16.1. The van der Waals surface area contributed by atoms with Crippen LogP contribution in [0.4, 0.5) is 10.5 Å². The van der Waals surface area contributed by atoms with Gasteiger partial charge in [0.2, 0.25) is 12.1 Å². The number of oxime groups is 1. The minimum atomic E-state index is -1.61. The number of allylic oxidation sites excluding steroid dienone is 1.